The molecule has 130 valence electrons. The molecule has 2 saturated heterocycles. The number of pyridine rings is 1. The van der Waals surface area contributed by atoms with Gasteiger partial charge in [0.15, 0.2) is 0 Å². The average molecular weight is 336 g/mol. The summed E-state index contributed by atoms with van der Waals surface area (Å²) in [6.07, 6.45) is 2.63. The van der Waals surface area contributed by atoms with E-state index < -0.39 is 11.7 Å². The van der Waals surface area contributed by atoms with E-state index in [0.29, 0.717) is 13.1 Å². The van der Waals surface area contributed by atoms with Crippen LogP contribution in [0.5, 0.6) is 0 Å². The number of hydrogen-bond donors (Lipinski definition) is 1. The fourth-order valence-corrected chi connectivity index (χ4v) is 2.98. The summed E-state index contributed by atoms with van der Waals surface area (Å²) in [7, 11) is 0. The number of hydrogen-bond acceptors (Lipinski definition) is 5. The van der Waals surface area contributed by atoms with Gasteiger partial charge in [0.25, 0.3) is 5.91 Å². The molecule has 2 fully saturated rings. The Labute approximate surface area is 139 Å². The van der Waals surface area contributed by atoms with E-state index in [4.69, 9.17) is 4.74 Å². The van der Waals surface area contributed by atoms with Gasteiger partial charge >= 0.3 is 0 Å². The van der Waals surface area contributed by atoms with Crippen LogP contribution in [-0.2, 0) is 9.53 Å². The third-order valence-corrected chi connectivity index (χ3v) is 4.31. The van der Waals surface area contributed by atoms with E-state index >= 15 is 0 Å². The highest BCUT2D eigenvalue weighted by Gasteiger charge is 2.31. The van der Waals surface area contributed by atoms with Crippen molar-refractivity contribution in [3.05, 3.63) is 29.8 Å². The van der Waals surface area contributed by atoms with Crippen LogP contribution in [0, 0.1) is 5.82 Å². The van der Waals surface area contributed by atoms with E-state index in [0.717, 1.165) is 45.1 Å². The lowest BCUT2D eigenvalue weighted by Gasteiger charge is -2.28. The normalized spacial score (nSPS) is 22.0. The first-order valence-corrected chi connectivity index (χ1v) is 8.11. The summed E-state index contributed by atoms with van der Waals surface area (Å²) in [6, 6.07) is 0.882. The summed E-state index contributed by atoms with van der Waals surface area (Å²) in [6.45, 7) is 5.17. The summed E-state index contributed by atoms with van der Waals surface area (Å²) in [5.41, 5.74) is 0.161. The molecule has 1 N–H and O–H groups in total. The van der Waals surface area contributed by atoms with E-state index in [1.165, 1.54) is 6.20 Å². The van der Waals surface area contributed by atoms with Crippen molar-refractivity contribution in [2.24, 2.45) is 0 Å². The summed E-state index contributed by atoms with van der Waals surface area (Å²) < 4.78 is 18.4. The summed E-state index contributed by atoms with van der Waals surface area (Å²) >= 11 is 0. The molecular weight excluding hydrogens is 315 g/mol. The first-order valence-electron chi connectivity index (χ1n) is 8.11. The van der Waals surface area contributed by atoms with E-state index in [1.807, 2.05) is 0 Å². The number of aromatic nitrogens is 1. The zero-order chi connectivity index (χ0) is 16.9. The smallest absolute Gasteiger partial charge is 0.253 e. The Hall–Kier alpha value is -2.06. The quantitative estimate of drug-likeness (QED) is 0.812. The molecule has 0 aliphatic carbocycles. The molecule has 0 bridgehead atoms. The fraction of sp³-hybridized carbons (Fsp3) is 0.562. The number of rotatable bonds is 5. The number of nitrogens with zero attached hydrogens (tertiary/aromatic N) is 3. The molecule has 0 radical (unpaired) electrons. The minimum atomic E-state index is -0.558. The molecular formula is C16H21FN4O3. The molecule has 3 rings (SSSR count). The monoisotopic (exact) mass is 336 g/mol. The Kier molecular flexibility index (Phi) is 5.37. The number of nitrogens with one attached hydrogen (secondary N) is 1. The standard InChI is InChI=1S/C16H21FN4O3/c17-13-7-12(9-18-10-13)16(23)19-14-8-15(22)21(11-14)2-1-20-3-5-24-6-4-20/h7,9-10,14H,1-6,8,11H2,(H,19,23)/t14-/m0/s1. The third-order valence-electron chi connectivity index (χ3n) is 4.31. The zero-order valence-electron chi connectivity index (χ0n) is 13.4. The van der Waals surface area contributed by atoms with Crippen molar-refractivity contribution in [3.63, 3.8) is 0 Å². The van der Waals surface area contributed by atoms with Gasteiger partial charge in [-0.05, 0) is 6.07 Å². The van der Waals surface area contributed by atoms with Gasteiger partial charge < -0.3 is 15.0 Å². The van der Waals surface area contributed by atoms with Crippen molar-refractivity contribution in [2.75, 3.05) is 45.9 Å². The van der Waals surface area contributed by atoms with Gasteiger partial charge in [0.05, 0.1) is 31.0 Å². The molecule has 7 nitrogen and oxygen atoms in total. The van der Waals surface area contributed by atoms with E-state index in [2.05, 4.69) is 15.2 Å². The minimum absolute atomic E-state index is 0.0333. The number of ether oxygens (including phenoxy) is 1. The molecule has 24 heavy (non-hydrogen) atoms. The molecule has 2 aliphatic rings. The largest absolute Gasteiger partial charge is 0.379 e. The first-order chi connectivity index (χ1) is 11.6. The highest BCUT2D eigenvalue weighted by molar-refractivity contribution is 5.94. The van der Waals surface area contributed by atoms with Crippen molar-refractivity contribution in [2.45, 2.75) is 12.5 Å². The third kappa shape index (κ3) is 4.27. The Morgan fingerprint density at radius 3 is 2.88 bits per heavy atom. The van der Waals surface area contributed by atoms with Crippen molar-refractivity contribution in [1.29, 1.82) is 0 Å². The summed E-state index contributed by atoms with van der Waals surface area (Å²) in [4.78, 5) is 31.9. The Bertz CT molecular complexity index is 607. The van der Waals surface area contributed by atoms with Crippen molar-refractivity contribution in [3.8, 4) is 0 Å². The lowest BCUT2D eigenvalue weighted by Crippen LogP contribution is -2.42. The molecule has 8 heteroatoms. The average Bonchev–Trinajstić information content (AvgIpc) is 2.93. The summed E-state index contributed by atoms with van der Waals surface area (Å²) in [5, 5.41) is 2.78. The summed E-state index contributed by atoms with van der Waals surface area (Å²) in [5.74, 6) is -0.932. The number of amides is 2. The number of carbonyl (C=O) groups is 2. The van der Waals surface area contributed by atoms with Crippen LogP contribution < -0.4 is 5.32 Å². The predicted octanol–water partition coefficient (Wildman–Crippen LogP) is -0.116. The number of likely N-dealkylation sites (tertiary alicyclic amines) is 1. The zero-order valence-corrected chi connectivity index (χ0v) is 13.4. The number of carbonyl (C=O) groups excluding carboxylic acids is 2. The Morgan fingerprint density at radius 2 is 2.12 bits per heavy atom. The van der Waals surface area contributed by atoms with Gasteiger partial charge in [-0.25, -0.2) is 4.39 Å². The molecule has 0 aromatic carbocycles. The number of halogens is 1. The van der Waals surface area contributed by atoms with Gasteiger partial charge in [-0.2, -0.15) is 0 Å². The SMILES string of the molecule is O=C(N[C@H]1CC(=O)N(CCN2CCOCC2)C1)c1cncc(F)c1. The Morgan fingerprint density at radius 1 is 1.33 bits per heavy atom. The maximum Gasteiger partial charge on any atom is 0.253 e. The predicted molar refractivity (Wildman–Crippen MR) is 83.9 cm³/mol. The van der Waals surface area contributed by atoms with Crippen LogP contribution in [0.1, 0.15) is 16.8 Å². The van der Waals surface area contributed by atoms with Crippen LogP contribution in [0.15, 0.2) is 18.5 Å². The second-order valence-corrected chi connectivity index (χ2v) is 6.06. The molecule has 0 spiro atoms. The van der Waals surface area contributed by atoms with Crippen LogP contribution in [0.25, 0.3) is 0 Å². The van der Waals surface area contributed by atoms with Crippen LogP contribution in [0.3, 0.4) is 0 Å². The van der Waals surface area contributed by atoms with Crippen molar-refractivity contribution < 1.29 is 18.7 Å². The molecule has 2 amide bonds. The number of morpholine rings is 1. The van der Waals surface area contributed by atoms with Gasteiger partial charge in [-0.1, -0.05) is 0 Å². The van der Waals surface area contributed by atoms with Crippen molar-refractivity contribution in [1.82, 2.24) is 20.1 Å². The highest BCUT2D eigenvalue weighted by atomic mass is 19.1. The molecule has 1 aromatic rings. The lowest BCUT2D eigenvalue weighted by molar-refractivity contribution is -0.128. The van der Waals surface area contributed by atoms with Crippen molar-refractivity contribution >= 4 is 11.8 Å². The van der Waals surface area contributed by atoms with Gasteiger partial charge in [-0.15, -0.1) is 0 Å². The van der Waals surface area contributed by atoms with Gasteiger partial charge in [0.2, 0.25) is 5.91 Å². The molecule has 0 unspecified atom stereocenters. The van der Waals surface area contributed by atoms with Gasteiger partial charge in [0.1, 0.15) is 5.82 Å². The van der Waals surface area contributed by atoms with Crippen LogP contribution >= 0.6 is 0 Å². The highest BCUT2D eigenvalue weighted by Crippen LogP contribution is 2.12. The minimum Gasteiger partial charge on any atom is -0.379 e. The first kappa shape index (κ1) is 16.8. The lowest BCUT2D eigenvalue weighted by atomic mass is 10.2. The van der Waals surface area contributed by atoms with Gasteiger partial charge in [-0.3, -0.25) is 19.5 Å². The molecule has 2 aliphatic heterocycles. The second kappa shape index (κ2) is 7.67. The Balaban J connectivity index is 1.48. The van der Waals surface area contributed by atoms with Crippen LogP contribution in [-0.4, -0.2) is 78.6 Å². The maximum atomic E-state index is 13.1. The molecule has 0 saturated carbocycles. The van der Waals surface area contributed by atoms with Crippen LogP contribution in [0.4, 0.5) is 4.39 Å². The molecule has 1 atom stereocenters. The van der Waals surface area contributed by atoms with Gasteiger partial charge in [0, 0.05) is 45.3 Å². The maximum absolute atomic E-state index is 13.1. The van der Waals surface area contributed by atoms with Crippen LogP contribution in [0.2, 0.25) is 0 Å². The molecule has 1 aromatic heterocycles. The fourth-order valence-electron chi connectivity index (χ4n) is 2.98. The van der Waals surface area contributed by atoms with E-state index in [1.54, 1.807) is 4.90 Å². The second-order valence-electron chi connectivity index (χ2n) is 6.06. The van der Waals surface area contributed by atoms with E-state index in [9.17, 15) is 14.0 Å². The van der Waals surface area contributed by atoms with E-state index in [-0.39, 0.29) is 23.9 Å². The topological polar surface area (TPSA) is 74.8 Å². The molecule has 3 heterocycles.